The van der Waals surface area contributed by atoms with Gasteiger partial charge in [0.05, 0.1) is 5.02 Å². The zero-order valence-electron chi connectivity index (χ0n) is 7.73. The standard InChI is InChI=1S/C11H11ClS/c1-3-8-5-11-9(4-7(8)2)10(12)6-13-11/h4-6H,3H2,1-2H3. The maximum Gasteiger partial charge on any atom is 0.0591 e. The summed E-state index contributed by atoms with van der Waals surface area (Å²) in [7, 11) is 0. The molecule has 0 radical (unpaired) electrons. The van der Waals surface area contributed by atoms with Gasteiger partial charge in [0.2, 0.25) is 0 Å². The molecule has 0 spiro atoms. The molecule has 0 atom stereocenters. The van der Waals surface area contributed by atoms with E-state index in [0.717, 1.165) is 11.4 Å². The quantitative estimate of drug-likeness (QED) is 0.654. The molecular formula is C11H11ClS. The van der Waals surface area contributed by atoms with Crippen LogP contribution in [0.15, 0.2) is 17.5 Å². The van der Waals surface area contributed by atoms with E-state index in [1.54, 1.807) is 11.3 Å². The molecule has 0 unspecified atom stereocenters. The first-order valence-corrected chi connectivity index (χ1v) is 5.64. The third kappa shape index (κ3) is 1.47. The average molecular weight is 211 g/mol. The summed E-state index contributed by atoms with van der Waals surface area (Å²) in [5.41, 5.74) is 2.77. The van der Waals surface area contributed by atoms with Crippen LogP contribution in [-0.4, -0.2) is 0 Å². The summed E-state index contributed by atoms with van der Waals surface area (Å²) < 4.78 is 1.30. The molecule has 0 fully saturated rings. The van der Waals surface area contributed by atoms with Crippen LogP contribution < -0.4 is 0 Å². The third-order valence-electron chi connectivity index (χ3n) is 2.37. The molecule has 2 rings (SSSR count). The van der Waals surface area contributed by atoms with Gasteiger partial charge in [-0.1, -0.05) is 18.5 Å². The van der Waals surface area contributed by atoms with Gasteiger partial charge in [-0.3, -0.25) is 0 Å². The molecule has 68 valence electrons. The zero-order chi connectivity index (χ0) is 9.42. The van der Waals surface area contributed by atoms with Crippen molar-refractivity contribution in [3.05, 3.63) is 33.7 Å². The minimum Gasteiger partial charge on any atom is -0.142 e. The largest absolute Gasteiger partial charge is 0.142 e. The fourth-order valence-corrected chi connectivity index (χ4v) is 2.78. The van der Waals surface area contributed by atoms with Crippen molar-refractivity contribution in [1.29, 1.82) is 0 Å². The Balaban J connectivity index is 2.76. The second-order valence-electron chi connectivity index (χ2n) is 3.21. The van der Waals surface area contributed by atoms with Crippen LogP contribution >= 0.6 is 22.9 Å². The van der Waals surface area contributed by atoms with Gasteiger partial charge in [-0.2, -0.15) is 0 Å². The summed E-state index contributed by atoms with van der Waals surface area (Å²) in [4.78, 5) is 0. The van der Waals surface area contributed by atoms with Gasteiger partial charge < -0.3 is 0 Å². The van der Waals surface area contributed by atoms with Crippen LogP contribution in [0.2, 0.25) is 5.02 Å². The number of hydrogen-bond donors (Lipinski definition) is 0. The minimum absolute atomic E-state index is 0.880. The lowest BCUT2D eigenvalue weighted by Gasteiger charge is -2.02. The van der Waals surface area contributed by atoms with Crippen LogP contribution in [-0.2, 0) is 6.42 Å². The van der Waals surface area contributed by atoms with Crippen LogP contribution in [0.25, 0.3) is 10.1 Å². The van der Waals surface area contributed by atoms with Crippen molar-refractivity contribution in [2.45, 2.75) is 20.3 Å². The molecule has 0 saturated heterocycles. The normalized spacial score (nSPS) is 11.0. The van der Waals surface area contributed by atoms with E-state index in [4.69, 9.17) is 11.6 Å². The van der Waals surface area contributed by atoms with Crippen molar-refractivity contribution >= 4 is 33.0 Å². The first kappa shape index (κ1) is 9.04. The summed E-state index contributed by atoms with van der Waals surface area (Å²) in [6, 6.07) is 4.44. The van der Waals surface area contributed by atoms with Crippen molar-refractivity contribution in [3.8, 4) is 0 Å². The Kier molecular flexibility index (Phi) is 2.31. The van der Waals surface area contributed by atoms with Crippen LogP contribution in [0.4, 0.5) is 0 Å². The molecule has 0 bridgehead atoms. The summed E-state index contributed by atoms with van der Waals surface area (Å²) in [6.45, 7) is 4.33. The van der Waals surface area contributed by atoms with E-state index in [-0.39, 0.29) is 0 Å². The van der Waals surface area contributed by atoms with Crippen molar-refractivity contribution in [2.75, 3.05) is 0 Å². The van der Waals surface area contributed by atoms with Gasteiger partial charge in [0.25, 0.3) is 0 Å². The Morgan fingerprint density at radius 3 is 2.85 bits per heavy atom. The highest BCUT2D eigenvalue weighted by Gasteiger charge is 2.04. The van der Waals surface area contributed by atoms with Gasteiger partial charge in [-0.25, -0.2) is 0 Å². The van der Waals surface area contributed by atoms with E-state index >= 15 is 0 Å². The van der Waals surface area contributed by atoms with E-state index in [9.17, 15) is 0 Å². The average Bonchev–Trinajstić information content (AvgIpc) is 2.47. The molecule has 0 saturated carbocycles. The summed E-state index contributed by atoms with van der Waals surface area (Å²) in [5, 5.41) is 4.08. The Hall–Kier alpha value is -0.530. The summed E-state index contributed by atoms with van der Waals surface area (Å²) in [5.74, 6) is 0. The molecule has 0 nitrogen and oxygen atoms in total. The number of aryl methyl sites for hydroxylation is 2. The molecular weight excluding hydrogens is 200 g/mol. The zero-order valence-corrected chi connectivity index (χ0v) is 9.30. The van der Waals surface area contributed by atoms with E-state index in [0.29, 0.717) is 0 Å². The van der Waals surface area contributed by atoms with Crippen molar-refractivity contribution in [1.82, 2.24) is 0 Å². The smallest absolute Gasteiger partial charge is 0.0591 e. The summed E-state index contributed by atoms with van der Waals surface area (Å²) in [6.07, 6.45) is 1.09. The predicted molar refractivity (Wildman–Crippen MR) is 61.0 cm³/mol. The third-order valence-corrected chi connectivity index (χ3v) is 3.75. The molecule has 13 heavy (non-hydrogen) atoms. The van der Waals surface area contributed by atoms with E-state index in [1.807, 2.05) is 5.38 Å². The molecule has 0 amide bonds. The number of halogens is 1. The fourth-order valence-electron chi connectivity index (χ4n) is 1.57. The van der Waals surface area contributed by atoms with Gasteiger partial charge in [-0.05, 0) is 36.6 Å². The van der Waals surface area contributed by atoms with Gasteiger partial charge in [0.15, 0.2) is 0 Å². The first-order chi connectivity index (χ1) is 6.22. The highest BCUT2D eigenvalue weighted by Crippen LogP contribution is 2.32. The second-order valence-corrected chi connectivity index (χ2v) is 4.53. The fraction of sp³-hybridized carbons (Fsp3) is 0.273. The maximum absolute atomic E-state index is 6.05. The van der Waals surface area contributed by atoms with Crippen LogP contribution in [0.5, 0.6) is 0 Å². The number of benzene rings is 1. The van der Waals surface area contributed by atoms with Crippen molar-refractivity contribution in [2.24, 2.45) is 0 Å². The van der Waals surface area contributed by atoms with E-state index in [1.165, 1.54) is 21.2 Å². The first-order valence-electron chi connectivity index (χ1n) is 4.38. The maximum atomic E-state index is 6.05. The van der Waals surface area contributed by atoms with Gasteiger partial charge >= 0.3 is 0 Å². The minimum atomic E-state index is 0.880. The Morgan fingerprint density at radius 1 is 1.38 bits per heavy atom. The van der Waals surface area contributed by atoms with E-state index < -0.39 is 0 Å². The van der Waals surface area contributed by atoms with Crippen LogP contribution in [0.1, 0.15) is 18.1 Å². The van der Waals surface area contributed by atoms with Gasteiger partial charge in [-0.15, -0.1) is 11.3 Å². The predicted octanol–water partition coefficient (Wildman–Crippen LogP) is 4.43. The molecule has 0 aliphatic carbocycles. The van der Waals surface area contributed by atoms with Gasteiger partial charge in [0, 0.05) is 15.5 Å². The molecule has 2 aromatic rings. The topological polar surface area (TPSA) is 0 Å². The van der Waals surface area contributed by atoms with Gasteiger partial charge in [0.1, 0.15) is 0 Å². The molecule has 1 aromatic heterocycles. The lowest BCUT2D eigenvalue weighted by molar-refractivity contribution is 1.12. The van der Waals surface area contributed by atoms with Crippen molar-refractivity contribution in [3.63, 3.8) is 0 Å². The van der Waals surface area contributed by atoms with Crippen LogP contribution in [0, 0.1) is 6.92 Å². The number of rotatable bonds is 1. The Labute approximate surface area is 87.2 Å². The highest BCUT2D eigenvalue weighted by atomic mass is 35.5. The Morgan fingerprint density at radius 2 is 2.15 bits per heavy atom. The van der Waals surface area contributed by atoms with Crippen LogP contribution in [0.3, 0.4) is 0 Å². The summed E-state index contributed by atoms with van der Waals surface area (Å²) >= 11 is 7.77. The molecule has 0 N–H and O–H groups in total. The highest BCUT2D eigenvalue weighted by molar-refractivity contribution is 7.17. The number of thiophene rings is 1. The molecule has 1 aromatic carbocycles. The Bertz CT molecular complexity index is 443. The molecule has 0 aliphatic rings. The lowest BCUT2D eigenvalue weighted by atomic mass is 10.1. The lowest BCUT2D eigenvalue weighted by Crippen LogP contribution is -1.84. The molecule has 1 heterocycles. The molecule has 2 heteroatoms. The SMILES string of the molecule is CCc1cc2scc(Cl)c2cc1C. The number of fused-ring (bicyclic) bond motifs is 1. The number of hydrogen-bond acceptors (Lipinski definition) is 1. The molecule has 0 aliphatic heterocycles. The van der Waals surface area contributed by atoms with E-state index in [2.05, 4.69) is 26.0 Å². The second kappa shape index (κ2) is 3.32. The van der Waals surface area contributed by atoms with Crippen molar-refractivity contribution < 1.29 is 0 Å². The monoisotopic (exact) mass is 210 g/mol.